The van der Waals surface area contributed by atoms with Gasteiger partial charge in [0.25, 0.3) is 5.91 Å². The number of nitrogens with one attached hydrogen (secondary N) is 2. The SMILES string of the molecule is Cc1ccc(NC(=O)/C(C#N)=C\Nc2cccc(C)c2C)cc1. The molecule has 0 saturated heterocycles. The summed E-state index contributed by atoms with van der Waals surface area (Å²) in [6, 6.07) is 15.2. The number of hydrogen-bond donors (Lipinski definition) is 2. The molecule has 0 heterocycles. The summed E-state index contributed by atoms with van der Waals surface area (Å²) in [6.45, 7) is 5.98. The Balaban J connectivity index is 2.12. The maximum atomic E-state index is 12.2. The van der Waals surface area contributed by atoms with Crippen molar-refractivity contribution in [2.75, 3.05) is 10.6 Å². The molecule has 0 unspecified atom stereocenters. The Morgan fingerprint density at radius 2 is 1.78 bits per heavy atom. The van der Waals surface area contributed by atoms with Gasteiger partial charge in [-0.05, 0) is 50.1 Å². The predicted octanol–water partition coefficient (Wildman–Crippen LogP) is 4.07. The van der Waals surface area contributed by atoms with Crippen molar-refractivity contribution in [1.82, 2.24) is 0 Å². The van der Waals surface area contributed by atoms with E-state index in [0.717, 1.165) is 22.4 Å². The molecule has 2 aromatic carbocycles. The molecule has 2 rings (SSSR count). The van der Waals surface area contributed by atoms with Gasteiger partial charge in [-0.25, -0.2) is 0 Å². The van der Waals surface area contributed by atoms with E-state index in [2.05, 4.69) is 10.6 Å². The molecule has 4 nitrogen and oxygen atoms in total. The van der Waals surface area contributed by atoms with E-state index in [9.17, 15) is 10.1 Å². The number of anilines is 2. The highest BCUT2D eigenvalue weighted by molar-refractivity contribution is 6.06. The van der Waals surface area contributed by atoms with Crippen LogP contribution < -0.4 is 10.6 Å². The Hall–Kier alpha value is -3.06. The predicted molar refractivity (Wildman–Crippen MR) is 93.0 cm³/mol. The van der Waals surface area contributed by atoms with Crippen molar-refractivity contribution in [3.05, 3.63) is 70.9 Å². The quantitative estimate of drug-likeness (QED) is 0.661. The minimum atomic E-state index is -0.436. The van der Waals surface area contributed by atoms with E-state index >= 15 is 0 Å². The average Bonchev–Trinajstić information content (AvgIpc) is 2.54. The van der Waals surface area contributed by atoms with Gasteiger partial charge in [-0.1, -0.05) is 29.8 Å². The second kappa shape index (κ2) is 7.28. The molecule has 0 saturated carbocycles. The number of nitrogens with zero attached hydrogens (tertiary/aromatic N) is 1. The van der Waals surface area contributed by atoms with Crippen molar-refractivity contribution < 1.29 is 4.79 Å². The second-order valence-corrected chi connectivity index (χ2v) is 5.38. The normalized spacial score (nSPS) is 10.8. The number of rotatable bonds is 4. The summed E-state index contributed by atoms with van der Waals surface area (Å²) < 4.78 is 0. The van der Waals surface area contributed by atoms with Crippen LogP contribution >= 0.6 is 0 Å². The van der Waals surface area contributed by atoms with Gasteiger partial charge in [0.2, 0.25) is 0 Å². The fourth-order valence-electron chi connectivity index (χ4n) is 2.04. The van der Waals surface area contributed by atoms with Crippen molar-refractivity contribution in [2.45, 2.75) is 20.8 Å². The van der Waals surface area contributed by atoms with Crippen LogP contribution in [0.15, 0.2) is 54.2 Å². The Bertz CT molecular complexity index is 783. The molecular formula is C19H19N3O. The van der Waals surface area contributed by atoms with Crippen LogP contribution in [0, 0.1) is 32.1 Å². The number of benzene rings is 2. The fourth-order valence-corrected chi connectivity index (χ4v) is 2.04. The zero-order valence-corrected chi connectivity index (χ0v) is 13.5. The van der Waals surface area contributed by atoms with Crippen LogP contribution in [-0.4, -0.2) is 5.91 Å². The molecule has 116 valence electrons. The average molecular weight is 305 g/mol. The molecule has 1 amide bonds. The van der Waals surface area contributed by atoms with Crippen molar-refractivity contribution in [3.63, 3.8) is 0 Å². The molecule has 4 heteroatoms. The molecule has 0 spiro atoms. The van der Waals surface area contributed by atoms with Crippen LogP contribution in [-0.2, 0) is 4.79 Å². The number of hydrogen-bond acceptors (Lipinski definition) is 3. The minimum absolute atomic E-state index is 0.0199. The number of nitriles is 1. The molecule has 0 aliphatic heterocycles. The van der Waals surface area contributed by atoms with E-state index in [1.54, 1.807) is 12.1 Å². The number of carbonyl (C=O) groups is 1. The summed E-state index contributed by atoms with van der Waals surface area (Å²) in [5.74, 6) is -0.436. The lowest BCUT2D eigenvalue weighted by molar-refractivity contribution is -0.112. The summed E-state index contributed by atoms with van der Waals surface area (Å²) in [6.07, 6.45) is 1.44. The summed E-state index contributed by atoms with van der Waals surface area (Å²) in [4.78, 5) is 12.2. The van der Waals surface area contributed by atoms with Crippen molar-refractivity contribution in [1.29, 1.82) is 5.26 Å². The van der Waals surface area contributed by atoms with Crippen LogP contribution in [0.3, 0.4) is 0 Å². The van der Waals surface area contributed by atoms with Crippen LogP contribution in [0.2, 0.25) is 0 Å². The first kappa shape index (κ1) is 16.3. The topological polar surface area (TPSA) is 64.9 Å². The van der Waals surface area contributed by atoms with Crippen LogP contribution in [0.25, 0.3) is 0 Å². The van der Waals surface area contributed by atoms with Gasteiger partial charge >= 0.3 is 0 Å². The third kappa shape index (κ3) is 4.21. The first-order chi connectivity index (χ1) is 11.0. The molecule has 2 N–H and O–H groups in total. The summed E-state index contributed by atoms with van der Waals surface area (Å²) in [5, 5.41) is 14.9. The van der Waals surface area contributed by atoms with E-state index in [0.29, 0.717) is 5.69 Å². The fraction of sp³-hybridized carbons (Fsp3) is 0.158. The van der Waals surface area contributed by atoms with Gasteiger partial charge in [-0.2, -0.15) is 5.26 Å². The lowest BCUT2D eigenvalue weighted by atomic mass is 10.1. The maximum Gasteiger partial charge on any atom is 0.267 e. The van der Waals surface area contributed by atoms with E-state index in [-0.39, 0.29) is 5.57 Å². The van der Waals surface area contributed by atoms with Gasteiger partial charge in [0, 0.05) is 17.6 Å². The lowest BCUT2D eigenvalue weighted by Crippen LogP contribution is -2.14. The van der Waals surface area contributed by atoms with E-state index in [1.165, 1.54) is 6.20 Å². The Kier molecular flexibility index (Phi) is 5.16. The van der Waals surface area contributed by atoms with E-state index in [4.69, 9.17) is 0 Å². The van der Waals surface area contributed by atoms with Crippen molar-refractivity contribution in [2.24, 2.45) is 0 Å². The van der Waals surface area contributed by atoms with Gasteiger partial charge in [0.05, 0.1) is 0 Å². The third-order valence-corrected chi connectivity index (χ3v) is 3.65. The highest BCUT2D eigenvalue weighted by Gasteiger charge is 2.09. The number of carbonyl (C=O) groups excluding carboxylic acids is 1. The molecular weight excluding hydrogens is 286 g/mol. The van der Waals surface area contributed by atoms with E-state index < -0.39 is 5.91 Å². The standard InChI is InChI=1S/C19H19N3O/c1-13-7-9-17(10-8-13)22-19(23)16(11-20)12-21-18-6-4-5-14(2)15(18)3/h4-10,12,21H,1-3H3,(H,22,23)/b16-12-. The van der Waals surface area contributed by atoms with Crippen molar-refractivity contribution >= 4 is 17.3 Å². The lowest BCUT2D eigenvalue weighted by Gasteiger charge is -2.09. The molecule has 0 aliphatic carbocycles. The third-order valence-electron chi connectivity index (χ3n) is 3.65. The monoisotopic (exact) mass is 305 g/mol. The largest absolute Gasteiger partial charge is 0.360 e. The number of aryl methyl sites for hydroxylation is 2. The molecule has 0 aromatic heterocycles. The van der Waals surface area contributed by atoms with E-state index in [1.807, 2.05) is 57.2 Å². The van der Waals surface area contributed by atoms with Gasteiger partial charge in [0.15, 0.2) is 0 Å². The number of amides is 1. The van der Waals surface area contributed by atoms with Crippen LogP contribution in [0.1, 0.15) is 16.7 Å². The first-order valence-corrected chi connectivity index (χ1v) is 7.32. The highest BCUT2D eigenvalue weighted by atomic mass is 16.1. The van der Waals surface area contributed by atoms with Gasteiger partial charge in [-0.3, -0.25) is 4.79 Å². The molecule has 0 aliphatic rings. The molecule has 23 heavy (non-hydrogen) atoms. The van der Waals surface area contributed by atoms with Gasteiger partial charge < -0.3 is 10.6 Å². The zero-order valence-electron chi connectivity index (χ0n) is 13.5. The molecule has 0 bridgehead atoms. The summed E-state index contributed by atoms with van der Waals surface area (Å²) in [5.41, 5.74) is 4.89. The molecule has 0 radical (unpaired) electrons. The van der Waals surface area contributed by atoms with Gasteiger partial charge in [0.1, 0.15) is 11.6 Å². The Morgan fingerprint density at radius 3 is 2.43 bits per heavy atom. The minimum Gasteiger partial charge on any atom is -0.360 e. The molecule has 0 fully saturated rings. The zero-order chi connectivity index (χ0) is 16.8. The Labute approximate surface area is 136 Å². The Morgan fingerprint density at radius 1 is 1.09 bits per heavy atom. The van der Waals surface area contributed by atoms with Crippen LogP contribution in [0.4, 0.5) is 11.4 Å². The molecule has 2 aromatic rings. The second-order valence-electron chi connectivity index (χ2n) is 5.38. The first-order valence-electron chi connectivity index (χ1n) is 7.32. The van der Waals surface area contributed by atoms with Crippen LogP contribution in [0.5, 0.6) is 0 Å². The highest BCUT2D eigenvalue weighted by Crippen LogP contribution is 2.18. The summed E-state index contributed by atoms with van der Waals surface area (Å²) in [7, 11) is 0. The van der Waals surface area contributed by atoms with Crippen molar-refractivity contribution in [3.8, 4) is 6.07 Å². The molecule has 0 atom stereocenters. The van der Waals surface area contributed by atoms with Gasteiger partial charge in [-0.15, -0.1) is 0 Å². The summed E-state index contributed by atoms with van der Waals surface area (Å²) >= 11 is 0. The maximum absolute atomic E-state index is 12.2. The smallest absolute Gasteiger partial charge is 0.267 e.